The average Bonchev–Trinajstić information content (AvgIpc) is 1.59. The minimum Gasteiger partial charge on any atom is -0.501 e. The first-order valence-electron chi connectivity index (χ1n) is 40.8. The largest absolute Gasteiger partial charge is 0.501 e. The van der Waals surface area contributed by atoms with Gasteiger partial charge in [0.2, 0.25) is 5.70 Å². The molecular formula is C100H102N6O17S2. The lowest BCUT2D eigenvalue weighted by Gasteiger charge is -2.37. The third kappa shape index (κ3) is 28.6. The van der Waals surface area contributed by atoms with E-state index in [4.69, 9.17) is 81.8 Å². The van der Waals surface area contributed by atoms with E-state index < -0.39 is 54.4 Å². The van der Waals surface area contributed by atoms with Gasteiger partial charge in [-0.05, 0) is 171 Å². The molecule has 0 spiro atoms. The van der Waals surface area contributed by atoms with E-state index in [1.807, 2.05) is 114 Å². The van der Waals surface area contributed by atoms with Gasteiger partial charge in [0.05, 0.1) is 83.4 Å². The molecule has 2 aromatic heterocycles. The normalized spacial score (nSPS) is 15.3. The highest BCUT2D eigenvalue weighted by Crippen LogP contribution is 2.51. The lowest BCUT2D eigenvalue weighted by Crippen LogP contribution is -2.32. The van der Waals surface area contributed by atoms with Gasteiger partial charge in [-0.25, -0.2) is 29.4 Å². The second-order valence-electron chi connectivity index (χ2n) is 31.0. The number of aromatic nitrogens is 1. The molecule has 125 heavy (non-hydrogen) atoms. The number of thioether (sulfide) groups is 1. The van der Waals surface area contributed by atoms with Crippen molar-refractivity contribution >= 4 is 76.9 Å². The lowest BCUT2D eigenvalue weighted by molar-refractivity contribution is -0.697. The number of ether oxygens (including phenoxy) is 9. The molecule has 25 heteroatoms. The van der Waals surface area contributed by atoms with E-state index in [1.54, 1.807) is 24.8 Å². The van der Waals surface area contributed by atoms with Gasteiger partial charge in [-0.15, -0.1) is 12.8 Å². The number of aryl methyl sites for hydroxylation is 1. The molecule has 0 amide bonds. The Morgan fingerprint density at radius 3 is 1.87 bits per heavy atom. The molecule has 2 aliphatic rings. The SMILES string of the molecule is [C-]#[N+]C1=C(/C=C/C=C/C2CC(C)(C)CC(/C=C/c3ccc(N(CCO)CCO)cc3)=C2Sc2ccc(C(C)(C)C)cc2)C(C)(c2ccccc2)O/C1=C(/[N+]#[C-])C(=O)OCCOC(=O)c1cc(C(=O)OCCCCCC[n+]2ccc(/C=C/c3cc(COCCO)c([C-]([N+]#[C-])[N+]#[C-])s3)cc2)cc(-c2cc(OC(=O)CCOCC#C)cc(OC(=O)CCOCC#C)c2)c1. The highest BCUT2D eigenvalue weighted by molar-refractivity contribution is 8.03. The molecule has 7 aromatic rings. The summed E-state index contributed by atoms with van der Waals surface area (Å²) >= 11 is 3.06. The number of thiophene rings is 1. The molecule has 2 unspecified atom stereocenters. The predicted molar refractivity (Wildman–Crippen MR) is 481 cm³/mol. The number of carbonyl (C=O) groups excluding carboxylic acids is 5. The highest BCUT2D eigenvalue weighted by Gasteiger charge is 2.45. The van der Waals surface area contributed by atoms with Crippen molar-refractivity contribution < 1.29 is 86.5 Å². The molecule has 2 atom stereocenters. The van der Waals surface area contributed by atoms with Crippen LogP contribution < -0.4 is 18.9 Å². The molecule has 9 rings (SSSR count). The van der Waals surface area contributed by atoms with Gasteiger partial charge in [-0.1, -0.05) is 168 Å². The molecule has 0 radical (unpaired) electrons. The number of anilines is 1. The van der Waals surface area contributed by atoms with Crippen LogP contribution >= 0.6 is 23.1 Å². The number of aliphatic hydroxyl groups excluding tert-OH is 3. The maximum Gasteiger partial charge on any atom is 0.417 e. The number of pyridine rings is 1. The Bertz CT molecular complexity index is 5350. The van der Waals surface area contributed by atoms with E-state index in [9.17, 15) is 39.3 Å². The second-order valence-corrected chi connectivity index (χ2v) is 33.2. The van der Waals surface area contributed by atoms with E-state index in [0.717, 1.165) is 52.3 Å². The molecule has 3 heterocycles. The molecule has 3 N–H and O–H groups in total. The van der Waals surface area contributed by atoms with Gasteiger partial charge >= 0.3 is 36.0 Å². The Hall–Kier alpha value is -12.9. The zero-order valence-electron chi connectivity index (χ0n) is 71.0. The summed E-state index contributed by atoms with van der Waals surface area (Å²) < 4.78 is 53.3. The van der Waals surface area contributed by atoms with Crippen LogP contribution in [0, 0.1) is 68.5 Å². The smallest absolute Gasteiger partial charge is 0.417 e. The molecule has 5 aromatic carbocycles. The zero-order valence-corrected chi connectivity index (χ0v) is 72.7. The maximum atomic E-state index is 14.4. The second kappa shape index (κ2) is 48.3. The zero-order chi connectivity index (χ0) is 89.7. The van der Waals surface area contributed by atoms with Crippen LogP contribution in [0.4, 0.5) is 5.69 Å². The predicted octanol–water partition coefficient (Wildman–Crippen LogP) is 17.7. The monoisotopic (exact) mass is 1720 g/mol. The number of nitrogens with zero attached hydrogens (tertiary/aromatic N) is 6. The number of allylic oxidation sites excluding steroid dienone is 6. The summed E-state index contributed by atoms with van der Waals surface area (Å²) in [5, 5.41) is 28.6. The highest BCUT2D eigenvalue weighted by atomic mass is 32.2. The van der Waals surface area contributed by atoms with Crippen LogP contribution in [-0.2, 0) is 71.7 Å². The molecule has 1 aliphatic carbocycles. The third-order valence-electron chi connectivity index (χ3n) is 20.0. The topological polar surface area (TPSA) is 254 Å². The molecular weight excluding hydrogens is 1620 g/mol. The molecule has 0 fully saturated rings. The van der Waals surface area contributed by atoms with Crippen LogP contribution in [0.25, 0.3) is 48.7 Å². The summed E-state index contributed by atoms with van der Waals surface area (Å²) in [7, 11) is 0. The number of esters is 5. The minimum atomic E-state index is -1.40. The van der Waals surface area contributed by atoms with Gasteiger partial charge in [0.15, 0.2) is 12.4 Å². The van der Waals surface area contributed by atoms with E-state index in [-0.39, 0.29) is 147 Å². The van der Waals surface area contributed by atoms with E-state index >= 15 is 0 Å². The Morgan fingerprint density at radius 2 is 1.27 bits per heavy atom. The number of hydrogen-bond acceptors (Lipinski definition) is 20. The van der Waals surface area contributed by atoms with Crippen LogP contribution in [-0.4, -0.2) is 131 Å². The first-order valence-corrected chi connectivity index (χ1v) is 42.5. The fraction of sp³-hybridized carbons (Fsp3) is 0.330. The molecule has 0 saturated heterocycles. The molecule has 646 valence electrons. The van der Waals surface area contributed by atoms with Crippen molar-refractivity contribution in [3.8, 4) is 47.3 Å². The van der Waals surface area contributed by atoms with Crippen molar-refractivity contribution in [2.24, 2.45) is 11.3 Å². The Labute approximate surface area is 740 Å². The van der Waals surface area contributed by atoms with Crippen LogP contribution in [0.3, 0.4) is 0 Å². The summed E-state index contributed by atoms with van der Waals surface area (Å²) in [6, 6.07) is 39.9. The van der Waals surface area contributed by atoms with E-state index in [1.165, 1.54) is 63.8 Å². The minimum absolute atomic E-state index is 0.0108. The van der Waals surface area contributed by atoms with Crippen LogP contribution in [0.1, 0.15) is 151 Å². The van der Waals surface area contributed by atoms with Gasteiger partial charge < -0.3 is 62.9 Å². The number of unbranched alkanes of at least 4 members (excludes halogenated alkanes) is 3. The van der Waals surface area contributed by atoms with Crippen molar-refractivity contribution in [3.05, 3.63) is 310 Å². The Morgan fingerprint density at radius 1 is 0.664 bits per heavy atom. The Balaban J connectivity index is 0.924. The van der Waals surface area contributed by atoms with E-state index in [2.05, 4.69) is 113 Å². The number of rotatable bonds is 44. The maximum absolute atomic E-state index is 14.4. The quantitative estimate of drug-likeness (QED) is 0.00369. The lowest BCUT2D eigenvalue weighted by atomic mass is 9.72. The van der Waals surface area contributed by atoms with Crippen molar-refractivity contribution in [2.75, 3.05) is 90.7 Å². The summed E-state index contributed by atoms with van der Waals surface area (Å²) in [4.78, 5) is 89.0. The van der Waals surface area contributed by atoms with Crippen LogP contribution in [0.5, 0.6) is 11.5 Å². The first-order chi connectivity index (χ1) is 60.4. The van der Waals surface area contributed by atoms with Gasteiger partial charge in [0.1, 0.15) is 55.8 Å². The number of benzene rings is 5. The van der Waals surface area contributed by atoms with Crippen LogP contribution in [0.2, 0.25) is 0 Å². The molecule has 0 saturated carbocycles. The van der Waals surface area contributed by atoms with Gasteiger partial charge in [-0.2, -0.15) is 17.4 Å². The molecule has 1 aliphatic heterocycles. The molecule has 23 nitrogen and oxygen atoms in total. The first kappa shape index (κ1) is 96.0. The van der Waals surface area contributed by atoms with Crippen molar-refractivity contribution in [1.82, 2.24) is 0 Å². The summed E-state index contributed by atoms with van der Waals surface area (Å²) in [5.74, 6) is -0.287. The van der Waals surface area contributed by atoms with Crippen molar-refractivity contribution in [2.45, 2.75) is 122 Å². The number of carbonyl (C=O) groups is 5. The third-order valence-corrected chi connectivity index (χ3v) is 22.5. The fourth-order valence-electron chi connectivity index (χ4n) is 13.8. The standard InChI is InChI=1S/C100H102N6O17S2/c1-13-52-115-55-42-87(110)121-82-63-75(64-83(66-82)122-88(111)43-56-116-53-14-2)74-60-76(95(112)118-54-23-16-15-22-44-105-45-40-71(41-46-105)31-37-85-65-78(69-117-57-51-109)93(125-85)94(103-11)104-12)62-77(61-74)96(113)119-58-59-120-97(114)90(102-10)91-89(101-9)86(100(8,123-91)80-25-18-17-19-26-80)27-21-20-24-72-67-99(6,7)68-73(92(72)124-84-38-33-79(34-39-84)98(3,4)5)32-28-70-29-35-81(36-30-70)106(47-49-107)48-50-108/h1-2,17-21,24-41,45-46,60-66,72,107-109H,15-16,22-23,42-44,47-59,67-69H2,3-8H3/b24-20+,27-21+,32-28+,37-31+,91-90+. The Kier molecular flexibility index (Phi) is 37.1. The number of terminal acetylenes is 2. The van der Waals surface area contributed by atoms with Crippen molar-refractivity contribution in [1.29, 1.82) is 0 Å². The summed E-state index contributed by atoms with van der Waals surface area (Å²) in [6.07, 6.45) is 34.4. The van der Waals surface area contributed by atoms with Crippen molar-refractivity contribution in [3.63, 3.8) is 0 Å². The summed E-state index contributed by atoms with van der Waals surface area (Å²) in [5.41, 5.74) is 4.75. The summed E-state index contributed by atoms with van der Waals surface area (Å²) in [6.45, 7) is 45.0. The van der Waals surface area contributed by atoms with Crippen LogP contribution in [0.15, 0.2) is 214 Å². The van der Waals surface area contributed by atoms with Gasteiger partial charge in [-0.3, -0.25) is 24.1 Å². The number of aliphatic hydroxyl groups is 3. The van der Waals surface area contributed by atoms with Gasteiger partial charge in [0.25, 0.3) is 5.70 Å². The number of hydrogen-bond donors (Lipinski definition) is 3. The van der Waals surface area contributed by atoms with Gasteiger partial charge in [0, 0.05) is 59.8 Å². The van der Waals surface area contributed by atoms with E-state index in [0.29, 0.717) is 54.1 Å². The fourth-order valence-corrected chi connectivity index (χ4v) is 15.9. The molecule has 0 bridgehead atoms. The average molecular weight is 1720 g/mol.